The molecule has 1 rings (SSSR count). The van der Waals surface area contributed by atoms with E-state index in [-0.39, 0.29) is 6.61 Å². The molecule has 0 aromatic carbocycles. The molecular formula is C11H15NO2. The molecule has 1 aromatic rings. The summed E-state index contributed by atoms with van der Waals surface area (Å²) in [6.07, 6.45) is 3.40. The van der Waals surface area contributed by atoms with Crippen LogP contribution in [0.3, 0.4) is 0 Å². The highest BCUT2D eigenvalue weighted by Gasteiger charge is 2.08. The zero-order valence-electron chi connectivity index (χ0n) is 8.58. The maximum absolute atomic E-state index is 9.02. The van der Waals surface area contributed by atoms with Crippen LogP contribution in [-0.2, 0) is 6.61 Å². The number of hydrogen-bond acceptors (Lipinski definition) is 3. The number of rotatable bonds is 4. The van der Waals surface area contributed by atoms with Gasteiger partial charge >= 0.3 is 0 Å². The number of ether oxygens (including phenoxy) is 1. The van der Waals surface area contributed by atoms with Crippen LogP contribution in [0.4, 0.5) is 0 Å². The maximum Gasteiger partial charge on any atom is 0.129 e. The Morgan fingerprint density at radius 2 is 2.29 bits per heavy atom. The second-order valence-corrected chi connectivity index (χ2v) is 3.10. The van der Waals surface area contributed by atoms with Gasteiger partial charge in [-0.15, -0.1) is 0 Å². The third-order valence-electron chi connectivity index (χ3n) is 2.04. The molecular weight excluding hydrogens is 178 g/mol. The van der Waals surface area contributed by atoms with Crippen LogP contribution in [0.25, 0.3) is 0 Å². The average Bonchev–Trinajstić information content (AvgIpc) is 2.18. The lowest BCUT2D eigenvalue weighted by atomic mass is 10.1. The molecule has 0 saturated heterocycles. The number of aromatic nitrogens is 1. The van der Waals surface area contributed by atoms with Crippen molar-refractivity contribution >= 4 is 0 Å². The van der Waals surface area contributed by atoms with Crippen LogP contribution in [0.15, 0.2) is 18.9 Å². The highest BCUT2D eigenvalue weighted by Crippen LogP contribution is 2.24. The topological polar surface area (TPSA) is 42.4 Å². The quantitative estimate of drug-likeness (QED) is 0.741. The molecule has 0 unspecified atom stereocenters. The largest absolute Gasteiger partial charge is 0.489 e. The van der Waals surface area contributed by atoms with Crippen molar-refractivity contribution in [2.24, 2.45) is 0 Å². The van der Waals surface area contributed by atoms with Gasteiger partial charge in [-0.2, -0.15) is 0 Å². The summed E-state index contributed by atoms with van der Waals surface area (Å²) < 4.78 is 5.49. The normalized spacial score (nSPS) is 9.93. The summed E-state index contributed by atoms with van der Waals surface area (Å²) in [4.78, 5) is 4.11. The Bertz CT molecular complexity index is 334. The van der Waals surface area contributed by atoms with Crippen molar-refractivity contribution < 1.29 is 9.84 Å². The lowest BCUT2D eigenvalue weighted by molar-refractivity contribution is 0.274. The predicted octanol–water partition coefficient (Wildman–Crippen LogP) is 1.76. The molecule has 0 atom stereocenters. The van der Waals surface area contributed by atoms with E-state index in [1.54, 1.807) is 12.3 Å². The van der Waals surface area contributed by atoms with E-state index < -0.39 is 0 Å². The lowest BCUT2D eigenvalue weighted by Gasteiger charge is -2.12. The summed E-state index contributed by atoms with van der Waals surface area (Å²) in [6, 6.07) is 0. The van der Waals surface area contributed by atoms with Gasteiger partial charge in [-0.3, -0.25) is 4.98 Å². The summed E-state index contributed by atoms with van der Waals surface area (Å²) >= 11 is 0. The van der Waals surface area contributed by atoms with Crippen molar-refractivity contribution in [3.8, 4) is 5.75 Å². The first-order valence-corrected chi connectivity index (χ1v) is 4.50. The molecule has 1 N–H and O–H groups in total. The van der Waals surface area contributed by atoms with Gasteiger partial charge in [0.15, 0.2) is 0 Å². The van der Waals surface area contributed by atoms with Crippen molar-refractivity contribution in [1.82, 2.24) is 4.98 Å². The summed E-state index contributed by atoms with van der Waals surface area (Å²) in [7, 11) is 0. The molecule has 0 amide bonds. The number of aliphatic hydroxyl groups excluding tert-OH is 1. The molecule has 0 aliphatic rings. The van der Waals surface area contributed by atoms with Crippen molar-refractivity contribution in [2.45, 2.75) is 20.5 Å². The van der Waals surface area contributed by atoms with Gasteiger partial charge in [-0.1, -0.05) is 12.7 Å². The summed E-state index contributed by atoms with van der Waals surface area (Å²) in [5, 5.41) is 9.02. The minimum Gasteiger partial charge on any atom is -0.489 e. The first kappa shape index (κ1) is 10.7. The maximum atomic E-state index is 9.02. The zero-order valence-corrected chi connectivity index (χ0v) is 8.58. The Morgan fingerprint density at radius 3 is 2.86 bits per heavy atom. The standard InChI is InChI=1S/C11H15NO2/c1-4-5-14-11-8(2)6-12-10(7-13)9(11)3/h4,6,13H,1,5,7H2,2-3H3. The van der Waals surface area contributed by atoms with Gasteiger partial charge in [0.05, 0.1) is 12.3 Å². The lowest BCUT2D eigenvalue weighted by Crippen LogP contribution is -2.02. The van der Waals surface area contributed by atoms with E-state index in [0.29, 0.717) is 12.3 Å². The number of aryl methyl sites for hydroxylation is 1. The van der Waals surface area contributed by atoms with Crippen LogP contribution in [-0.4, -0.2) is 16.7 Å². The van der Waals surface area contributed by atoms with Crippen LogP contribution < -0.4 is 4.74 Å². The van der Waals surface area contributed by atoms with E-state index in [0.717, 1.165) is 16.9 Å². The molecule has 14 heavy (non-hydrogen) atoms. The highest BCUT2D eigenvalue weighted by molar-refractivity contribution is 5.40. The summed E-state index contributed by atoms with van der Waals surface area (Å²) in [5.41, 5.74) is 2.53. The second-order valence-electron chi connectivity index (χ2n) is 3.10. The van der Waals surface area contributed by atoms with E-state index in [1.165, 1.54) is 0 Å². The van der Waals surface area contributed by atoms with Gasteiger partial charge in [0.1, 0.15) is 12.4 Å². The number of hydrogen-bond donors (Lipinski definition) is 1. The van der Waals surface area contributed by atoms with Gasteiger partial charge in [0.2, 0.25) is 0 Å². The van der Waals surface area contributed by atoms with Crippen molar-refractivity contribution in [1.29, 1.82) is 0 Å². The molecule has 0 aliphatic carbocycles. The number of aliphatic hydroxyl groups is 1. The van der Waals surface area contributed by atoms with E-state index in [1.807, 2.05) is 13.8 Å². The first-order valence-electron chi connectivity index (χ1n) is 4.50. The molecule has 3 heteroatoms. The second kappa shape index (κ2) is 4.77. The van der Waals surface area contributed by atoms with E-state index in [9.17, 15) is 0 Å². The van der Waals surface area contributed by atoms with Gasteiger partial charge in [0.25, 0.3) is 0 Å². The van der Waals surface area contributed by atoms with E-state index in [2.05, 4.69) is 11.6 Å². The predicted molar refractivity (Wildman–Crippen MR) is 55.3 cm³/mol. The molecule has 0 fully saturated rings. The Labute approximate surface area is 84.1 Å². The van der Waals surface area contributed by atoms with Crippen LogP contribution >= 0.6 is 0 Å². The Hall–Kier alpha value is -1.35. The third-order valence-corrected chi connectivity index (χ3v) is 2.04. The molecule has 0 saturated carbocycles. The minimum absolute atomic E-state index is 0.0590. The minimum atomic E-state index is -0.0590. The fourth-order valence-electron chi connectivity index (χ4n) is 1.28. The van der Waals surface area contributed by atoms with Crippen molar-refractivity contribution in [3.05, 3.63) is 35.7 Å². The Morgan fingerprint density at radius 1 is 1.57 bits per heavy atom. The Kier molecular flexibility index (Phi) is 3.65. The smallest absolute Gasteiger partial charge is 0.129 e. The van der Waals surface area contributed by atoms with Crippen LogP contribution in [0.1, 0.15) is 16.8 Å². The SMILES string of the molecule is C=CCOc1c(C)cnc(CO)c1C. The molecule has 1 aromatic heterocycles. The molecule has 0 aliphatic heterocycles. The average molecular weight is 193 g/mol. The van der Waals surface area contributed by atoms with Gasteiger partial charge in [0, 0.05) is 17.3 Å². The Balaban J connectivity index is 3.04. The molecule has 0 spiro atoms. The number of pyridine rings is 1. The first-order chi connectivity index (χ1) is 6.70. The van der Waals surface area contributed by atoms with E-state index >= 15 is 0 Å². The van der Waals surface area contributed by atoms with Gasteiger partial charge in [-0.25, -0.2) is 0 Å². The highest BCUT2D eigenvalue weighted by atomic mass is 16.5. The van der Waals surface area contributed by atoms with Crippen molar-refractivity contribution in [2.75, 3.05) is 6.61 Å². The monoisotopic (exact) mass is 193 g/mol. The van der Waals surface area contributed by atoms with Gasteiger partial charge in [-0.05, 0) is 13.8 Å². The van der Waals surface area contributed by atoms with E-state index in [4.69, 9.17) is 9.84 Å². The fourth-order valence-corrected chi connectivity index (χ4v) is 1.28. The van der Waals surface area contributed by atoms with Crippen molar-refractivity contribution in [3.63, 3.8) is 0 Å². The molecule has 0 bridgehead atoms. The third kappa shape index (κ3) is 2.12. The van der Waals surface area contributed by atoms with Crippen LogP contribution in [0.5, 0.6) is 5.75 Å². The number of nitrogens with zero attached hydrogens (tertiary/aromatic N) is 1. The summed E-state index contributed by atoms with van der Waals surface area (Å²) in [6.45, 7) is 7.82. The molecule has 3 nitrogen and oxygen atoms in total. The van der Waals surface area contributed by atoms with Crippen LogP contribution in [0, 0.1) is 13.8 Å². The van der Waals surface area contributed by atoms with Gasteiger partial charge < -0.3 is 9.84 Å². The van der Waals surface area contributed by atoms with Crippen LogP contribution in [0.2, 0.25) is 0 Å². The fraction of sp³-hybridized carbons (Fsp3) is 0.364. The molecule has 76 valence electrons. The molecule has 1 heterocycles. The summed E-state index contributed by atoms with van der Waals surface area (Å²) in [5.74, 6) is 0.795. The zero-order chi connectivity index (χ0) is 10.6. The molecule has 0 radical (unpaired) electrons.